The smallest absolute Gasteiger partial charge is 0.219 e. The van der Waals surface area contributed by atoms with Gasteiger partial charge in [0.1, 0.15) is 11.5 Å². The van der Waals surface area contributed by atoms with Crippen molar-refractivity contribution in [1.82, 2.24) is 4.98 Å². The van der Waals surface area contributed by atoms with Crippen LogP contribution in [0.15, 0.2) is 54.6 Å². The number of hydrogen-bond donors (Lipinski definition) is 1. The maximum absolute atomic E-state index is 9.39. The first-order valence-corrected chi connectivity index (χ1v) is 6.12. The number of benzene rings is 2. The molecule has 0 saturated heterocycles. The van der Waals surface area contributed by atoms with Crippen LogP contribution in [-0.2, 0) is 0 Å². The molecule has 2 aromatic carbocycles. The molecular weight excluding hydrogens is 262 g/mol. The number of aromatic hydroxyl groups is 1. The highest BCUT2D eigenvalue weighted by Gasteiger charge is 2.02. The van der Waals surface area contributed by atoms with Crippen molar-refractivity contribution < 1.29 is 9.84 Å². The second-order valence-corrected chi connectivity index (χ2v) is 4.52. The molecule has 94 valence electrons. The van der Waals surface area contributed by atoms with Crippen LogP contribution in [0.5, 0.6) is 17.4 Å². The Bertz CT molecular complexity index is 726. The van der Waals surface area contributed by atoms with E-state index in [9.17, 15) is 5.11 Å². The molecule has 1 aromatic heterocycles. The zero-order chi connectivity index (χ0) is 13.2. The highest BCUT2D eigenvalue weighted by molar-refractivity contribution is 6.30. The molecule has 0 aliphatic rings. The predicted octanol–water partition coefficient (Wildman–Crippen LogP) is 4.39. The number of phenolic OH excluding ortho intramolecular Hbond substituents is 1. The molecule has 0 aliphatic heterocycles. The average Bonchev–Trinajstić information content (AvgIpc) is 2.42. The minimum Gasteiger partial charge on any atom is -0.508 e. The molecule has 4 heteroatoms. The number of fused-ring (bicyclic) bond motifs is 1. The molecule has 0 spiro atoms. The van der Waals surface area contributed by atoms with Crippen molar-refractivity contribution >= 4 is 22.5 Å². The Morgan fingerprint density at radius 2 is 1.74 bits per heavy atom. The Labute approximate surface area is 115 Å². The van der Waals surface area contributed by atoms with E-state index in [-0.39, 0.29) is 5.75 Å². The fraction of sp³-hybridized carbons (Fsp3) is 0. The fourth-order valence-corrected chi connectivity index (χ4v) is 1.90. The number of hydrogen-bond acceptors (Lipinski definition) is 3. The Balaban J connectivity index is 1.93. The van der Waals surface area contributed by atoms with Gasteiger partial charge >= 0.3 is 0 Å². The second kappa shape index (κ2) is 4.78. The molecule has 3 aromatic rings. The number of rotatable bonds is 2. The van der Waals surface area contributed by atoms with Crippen molar-refractivity contribution in [2.75, 3.05) is 0 Å². The van der Waals surface area contributed by atoms with Crippen LogP contribution in [0.4, 0.5) is 0 Å². The number of ether oxygens (including phenoxy) is 1. The molecule has 0 atom stereocenters. The van der Waals surface area contributed by atoms with E-state index < -0.39 is 0 Å². The summed E-state index contributed by atoms with van der Waals surface area (Å²) in [5, 5.41) is 10.9. The molecular formula is C15H10ClNO2. The lowest BCUT2D eigenvalue weighted by Gasteiger charge is -2.06. The Kier molecular flexibility index (Phi) is 2.97. The Morgan fingerprint density at radius 3 is 2.53 bits per heavy atom. The van der Waals surface area contributed by atoms with Crippen LogP contribution in [0.3, 0.4) is 0 Å². The van der Waals surface area contributed by atoms with Gasteiger partial charge in [-0.05, 0) is 48.5 Å². The third-order valence-corrected chi connectivity index (χ3v) is 2.94. The zero-order valence-electron chi connectivity index (χ0n) is 9.88. The molecule has 19 heavy (non-hydrogen) atoms. The van der Waals surface area contributed by atoms with E-state index in [0.717, 1.165) is 10.9 Å². The molecule has 0 radical (unpaired) electrons. The van der Waals surface area contributed by atoms with E-state index in [1.54, 1.807) is 48.5 Å². The summed E-state index contributed by atoms with van der Waals surface area (Å²) in [7, 11) is 0. The Hall–Kier alpha value is -2.26. The average molecular weight is 272 g/mol. The highest BCUT2D eigenvalue weighted by atomic mass is 35.5. The number of nitrogens with zero attached hydrogens (tertiary/aromatic N) is 1. The molecule has 1 N–H and O–H groups in total. The van der Waals surface area contributed by atoms with Crippen molar-refractivity contribution in [1.29, 1.82) is 0 Å². The summed E-state index contributed by atoms with van der Waals surface area (Å²) in [6.45, 7) is 0. The normalized spacial score (nSPS) is 10.6. The molecule has 0 unspecified atom stereocenters. The van der Waals surface area contributed by atoms with Crippen LogP contribution < -0.4 is 4.74 Å². The van der Waals surface area contributed by atoms with Gasteiger partial charge in [-0.3, -0.25) is 0 Å². The van der Waals surface area contributed by atoms with Crippen LogP contribution in [0.2, 0.25) is 5.02 Å². The third-order valence-electron chi connectivity index (χ3n) is 2.68. The number of halogens is 1. The minimum absolute atomic E-state index is 0.223. The van der Waals surface area contributed by atoms with E-state index in [2.05, 4.69) is 4.98 Å². The summed E-state index contributed by atoms with van der Waals surface area (Å²) >= 11 is 5.81. The summed E-state index contributed by atoms with van der Waals surface area (Å²) in [5.74, 6) is 1.40. The van der Waals surface area contributed by atoms with Gasteiger partial charge in [-0.15, -0.1) is 0 Å². The fourth-order valence-electron chi connectivity index (χ4n) is 1.77. The molecule has 3 rings (SSSR count). The summed E-state index contributed by atoms with van der Waals surface area (Å²) < 4.78 is 5.64. The van der Waals surface area contributed by atoms with E-state index in [1.807, 2.05) is 6.07 Å². The maximum Gasteiger partial charge on any atom is 0.219 e. The zero-order valence-corrected chi connectivity index (χ0v) is 10.6. The lowest BCUT2D eigenvalue weighted by molar-refractivity contribution is 0.464. The van der Waals surface area contributed by atoms with Gasteiger partial charge in [0.05, 0.1) is 5.52 Å². The first-order chi connectivity index (χ1) is 9.20. The Morgan fingerprint density at radius 1 is 0.947 bits per heavy atom. The molecule has 0 saturated carbocycles. The van der Waals surface area contributed by atoms with Crippen molar-refractivity contribution in [2.45, 2.75) is 0 Å². The summed E-state index contributed by atoms with van der Waals surface area (Å²) in [4.78, 5) is 4.37. The van der Waals surface area contributed by atoms with Crippen LogP contribution in [-0.4, -0.2) is 10.1 Å². The first-order valence-electron chi connectivity index (χ1n) is 5.74. The van der Waals surface area contributed by atoms with E-state index >= 15 is 0 Å². The van der Waals surface area contributed by atoms with Crippen LogP contribution in [0.25, 0.3) is 10.9 Å². The molecule has 0 aliphatic carbocycles. The minimum atomic E-state index is 0.223. The first kappa shape index (κ1) is 11.8. The predicted molar refractivity (Wildman–Crippen MR) is 74.9 cm³/mol. The third kappa shape index (κ3) is 2.61. The lowest BCUT2D eigenvalue weighted by Crippen LogP contribution is -1.88. The van der Waals surface area contributed by atoms with Crippen molar-refractivity contribution in [3.63, 3.8) is 0 Å². The number of pyridine rings is 1. The van der Waals surface area contributed by atoms with Gasteiger partial charge in [0.2, 0.25) is 5.88 Å². The van der Waals surface area contributed by atoms with Gasteiger partial charge < -0.3 is 9.84 Å². The second-order valence-electron chi connectivity index (χ2n) is 4.08. The molecule has 0 bridgehead atoms. The van der Waals surface area contributed by atoms with Crippen LogP contribution in [0, 0.1) is 0 Å². The van der Waals surface area contributed by atoms with Gasteiger partial charge in [0, 0.05) is 16.5 Å². The van der Waals surface area contributed by atoms with Gasteiger partial charge in [0.25, 0.3) is 0 Å². The largest absolute Gasteiger partial charge is 0.508 e. The van der Waals surface area contributed by atoms with Crippen LogP contribution in [0.1, 0.15) is 0 Å². The number of phenols is 1. The van der Waals surface area contributed by atoms with E-state index in [0.29, 0.717) is 16.7 Å². The lowest BCUT2D eigenvalue weighted by atomic mass is 10.2. The van der Waals surface area contributed by atoms with Crippen molar-refractivity contribution in [3.05, 3.63) is 59.6 Å². The van der Waals surface area contributed by atoms with Gasteiger partial charge in [-0.1, -0.05) is 11.6 Å². The molecule has 0 fully saturated rings. The van der Waals surface area contributed by atoms with Gasteiger partial charge in [0.15, 0.2) is 0 Å². The topological polar surface area (TPSA) is 42.4 Å². The summed E-state index contributed by atoms with van der Waals surface area (Å²) in [6, 6.07) is 15.7. The molecule has 1 heterocycles. The summed E-state index contributed by atoms with van der Waals surface area (Å²) in [5.41, 5.74) is 0.768. The number of aromatic nitrogens is 1. The molecule has 3 nitrogen and oxygen atoms in total. The quantitative estimate of drug-likeness (QED) is 0.752. The maximum atomic E-state index is 9.39. The SMILES string of the molecule is Oc1ccc2nc(Oc3ccc(Cl)cc3)ccc2c1. The summed E-state index contributed by atoms with van der Waals surface area (Å²) in [6.07, 6.45) is 0. The standard InChI is InChI=1S/C15H10ClNO2/c16-11-2-5-13(6-3-11)19-15-8-1-10-9-12(18)4-7-14(10)17-15/h1-9,18H. The van der Waals surface area contributed by atoms with Crippen molar-refractivity contribution in [3.8, 4) is 17.4 Å². The van der Waals surface area contributed by atoms with E-state index in [4.69, 9.17) is 16.3 Å². The highest BCUT2D eigenvalue weighted by Crippen LogP contribution is 2.25. The van der Waals surface area contributed by atoms with Gasteiger partial charge in [-0.25, -0.2) is 4.98 Å². The van der Waals surface area contributed by atoms with Gasteiger partial charge in [-0.2, -0.15) is 0 Å². The van der Waals surface area contributed by atoms with Crippen molar-refractivity contribution in [2.24, 2.45) is 0 Å². The van der Waals surface area contributed by atoms with E-state index in [1.165, 1.54) is 0 Å². The molecule has 0 amide bonds. The van der Waals surface area contributed by atoms with Crippen LogP contribution >= 0.6 is 11.6 Å². The monoisotopic (exact) mass is 271 g/mol.